The molecule has 5 heteroatoms. The Hall–Kier alpha value is -1.98. The van der Waals surface area contributed by atoms with E-state index in [0.717, 1.165) is 18.7 Å². The molecule has 3 heterocycles. The monoisotopic (exact) mass is 311 g/mol. The molecule has 0 aliphatic carbocycles. The lowest BCUT2D eigenvalue weighted by Crippen LogP contribution is -2.22. The number of benzene rings is 1. The van der Waals surface area contributed by atoms with Crippen LogP contribution in [0.5, 0.6) is 0 Å². The first kappa shape index (κ1) is 13.7. The minimum absolute atomic E-state index is 0.493. The van der Waals surface area contributed by atoms with Crippen molar-refractivity contribution in [1.82, 2.24) is 15.0 Å². The second kappa shape index (κ2) is 6.02. The van der Waals surface area contributed by atoms with Crippen LogP contribution >= 0.6 is 11.3 Å². The summed E-state index contributed by atoms with van der Waals surface area (Å²) < 4.78 is 5.45. The quantitative estimate of drug-likeness (QED) is 0.726. The first-order valence-corrected chi connectivity index (χ1v) is 8.43. The van der Waals surface area contributed by atoms with Gasteiger partial charge in [-0.05, 0) is 30.8 Å². The second-order valence-corrected chi connectivity index (χ2v) is 6.50. The molecule has 0 saturated carbocycles. The largest absolute Gasteiger partial charge is 0.338 e. The second-order valence-electron chi connectivity index (χ2n) is 5.52. The van der Waals surface area contributed by atoms with Gasteiger partial charge in [0.15, 0.2) is 0 Å². The van der Waals surface area contributed by atoms with E-state index < -0.39 is 0 Å². The molecule has 1 aromatic carbocycles. The number of hydrogen-bond donors (Lipinski definition) is 0. The van der Waals surface area contributed by atoms with Gasteiger partial charge in [0.1, 0.15) is 0 Å². The Balaban J connectivity index is 1.51. The zero-order chi connectivity index (χ0) is 14.8. The van der Waals surface area contributed by atoms with Gasteiger partial charge in [0.05, 0.1) is 6.54 Å². The highest BCUT2D eigenvalue weighted by atomic mass is 32.1. The molecule has 4 rings (SSSR count). The summed E-state index contributed by atoms with van der Waals surface area (Å²) in [5, 5.41) is 6.25. The maximum atomic E-state index is 5.45. The number of rotatable bonds is 4. The summed E-state index contributed by atoms with van der Waals surface area (Å²) in [5.74, 6) is 1.37. The summed E-state index contributed by atoms with van der Waals surface area (Å²) in [5.41, 5.74) is 0.994. The lowest BCUT2D eigenvalue weighted by atomic mass is 10.2. The van der Waals surface area contributed by atoms with E-state index in [1.54, 1.807) is 0 Å². The van der Waals surface area contributed by atoms with Crippen LogP contribution in [-0.2, 0) is 6.54 Å². The molecule has 112 valence electrons. The molecule has 0 unspecified atom stereocenters. The van der Waals surface area contributed by atoms with E-state index in [-0.39, 0.29) is 0 Å². The first-order chi connectivity index (χ1) is 10.9. The Morgan fingerprint density at radius 1 is 1.18 bits per heavy atom. The smallest absolute Gasteiger partial charge is 0.241 e. The van der Waals surface area contributed by atoms with Crippen molar-refractivity contribution >= 4 is 11.3 Å². The van der Waals surface area contributed by atoms with Crippen LogP contribution in [0.15, 0.2) is 52.4 Å². The molecule has 1 saturated heterocycles. The number of aromatic nitrogens is 2. The van der Waals surface area contributed by atoms with Crippen molar-refractivity contribution in [1.29, 1.82) is 0 Å². The number of nitrogens with zero attached hydrogens (tertiary/aromatic N) is 3. The third-order valence-corrected chi connectivity index (χ3v) is 5.05. The van der Waals surface area contributed by atoms with Gasteiger partial charge in [-0.3, -0.25) is 4.90 Å². The summed E-state index contributed by atoms with van der Waals surface area (Å²) in [7, 11) is 0. The van der Waals surface area contributed by atoms with E-state index in [2.05, 4.69) is 32.6 Å². The van der Waals surface area contributed by atoms with Crippen LogP contribution < -0.4 is 0 Å². The van der Waals surface area contributed by atoms with Crippen LogP contribution in [-0.4, -0.2) is 21.6 Å². The fraction of sp³-hybridized carbons (Fsp3) is 0.294. The van der Waals surface area contributed by atoms with Crippen molar-refractivity contribution in [2.45, 2.75) is 25.4 Å². The highest BCUT2D eigenvalue weighted by molar-refractivity contribution is 7.10. The summed E-state index contributed by atoms with van der Waals surface area (Å²) in [6, 6.07) is 14.8. The summed E-state index contributed by atoms with van der Waals surface area (Å²) in [6.45, 7) is 1.81. The van der Waals surface area contributed by atoms with Gasteiger partial charge < -0.3 is 4.52 Å². The molecule has 22 heavy (non-hydrogen) atoms. The van der Waals surface area contributed by atoms with Gasteiger partial charge in [-0.15, -0.1) is 11.3 Å². The summed E-state index contributed by atoms with van der Waals surface area (Å²) in [6.07, 6.45) is 2.43. The molecule has 1 fully saturated rings. The molecule has 4 nitrogen and oxygen atoms in total. The van der Waals surface area contributed by atoms with Crippen LogP contribution in [0.1, 0.15) is 29.7 Å². The third kappa shape index (κ3) is 2.69. The minimum atomic E-state index is 0.493. The van der Waals surface area contributed by atoms with Gasteiger partial charge in [0.2, 0.25) is 11.7 Å². The molecule has 0 spiro atoms. The van der Waals surface area contributed by atoms with Crippen molar-refractivity contribution in [3.8, 4) is 11.4 Å². The van der Waals surface area contributed by atoms with E-state index in [1.165, 1.54) is 17.7 Å². The molecule has 1 aliphatic heterocycles. The maximum absolute atomic E-state index is 5.45. The Morgan fingerprint density at radius 3 is 2.91 bits per heavy atom. The van der Waals surface area contributed by atoms with Gasteiger partial charge in [-0.1, -0.05) is 41.6 Å². The van der Waals surface area contributed by atoms with Gasteiger partial charge in [0, 0.05) is 16.5 Å². The zero-order valence-corrected chi connectivity index (χ0v) is 13.0. The SMILES string of the molecule is c1ccc(-c2noc(CN3CCC[C@@H]3c3cccs3)n2)cc1. The molecule has 0 radical (unpaired) electrons. The zero-order valence-electron chi connectivity index (χ0n) is 12.2. The van der Waals surface area contributed by atoms with Crippen LogP contribution in [0, 0.1) is 0 Å². The highest BCUT2D eigenvalue weighted by Crippen LogP contribution is 2.35. The number of thiophene rings is 1. The molecule has 3 aromatic rings. The van der Waals surface area contributed by atoms with E-state index >= 15 is 0 Å². The van der Waals surface area contributed by atoms with E-state index in [9.17, 15) is 0 Å². The Kier molecular flexibility index (Phi) is 3.74. The van der Waals surface area contributed by atoms with Crippen molar-refractivity contribution in [3.63, 3.8) is 0 Å². The van der Waals surface area contributed by atoms with Crippen molar-refractivity contribution in [2.75, 3.05) is 6.54 Å². The van der Waals surface area contributed by atoms with Crippen LogP contribution in [0.25, 0.3) is 11.4 Å². The van der Waals surface area contributed by atoms with E-state index in [0.29, 0.717) is 17.8 Å². The van der Waals surface area contributed by atoms with E-state index in [1.807, 2.05) is 41.7 Å². The number of likely N-dealkylation sites (tertiary alicyclic amines) is 1. The lowest BCUT2D eigenvalue weighted by Gasteiger charge is -2.21. The third-order valence-electron chi connectivity index (χ3n) is 4.07. The predicted molar refractivity (Wildman–Crippen MR) is 86.4 cm³/mol. The molecule has 1 atom stereocenters. The van der Waals surface area contributed by atoms with Crippen LogP contribution in [0.4, 0.5) is 0 Å². The lowest BCUT2D eigenvalue weighted by molar-refractivity contribution is 0.214. The van der Waals surface area contributed by atoms with Gasteiger partial charge in [-0.2, -0.15) is 4.98 Å². The first-order valence-electron chi connectivity index (χ1n) is 7.55. The normalized spacial score (nSPS) is 18.8. The molecule has 0 amide bonds. The molecular weight excluding hydrogens is 294 g/mol. The van der Waals surface area contributed by atoms with Gasteiger partial charge in [-0.25, -0.2) is 0 Å². The predicted octanol–water partition coefficient (Wildman–Crippen LogP) is 4.14. The Labute approximate surface area is 133 Å². The van der Waals surface area contributed by atoms with Crippen LogP contribution in [0.3, 0.4) is 0 Å². The fourth-order valence-corrected chi connectivity index (χ4v) is 3.91. The van der Waals surface area contributed by atoms with Crippen molar-refractivity contribution < 1.29 is 4.52 Å². The standard InChI is InChI=1S/C17H17N3OS/c1-2-6-13(7-3-1)17-18-16(21-19-17)12-20-10-4-8-14(20)15-9-5-11-22-15/h1-3,5-7,9,11,14H,4,8,10,12H2/t14-/m1/s1. The van der Waals surface area contributed by atoms with E-state index in [4.69, 9.17) is 4.52 Å². The summed E-state index contributed by atoms with van der Waals surface area (Å²) >= 11 is 1.83. The fourth-order valence-electron chi connectivity index (χ4n) is 3.02. The van der Waals surface area contributed by atoms with Crippen molar-refractivity contribution in [2.24, 2.45) is 0 Å². The van der Waals surface area contributed by atoms with Crippen LogP contribution in [0.2, 0.25) is 0 Å². The average Bonchev–Trinajstić information content (AvgIpc) is 3.30. The van der Waals surface area contributed by atoms with Crippen molar-refractivity contribution in [3.05, 3.63) is 58.6 Å². The molecule has 2 aromatic heterocycles. The Morgan fingerprint density at radius 2 is 2.09 bits per heavy atom. The minimum Gasteiger partial charge on any atom is -0.338 e. The highest BCUT2D eigenvalue weighted by Gasteiger charge is 2.28. The van der Waals surface area contributed by atoms with Gasteiger partial charge >= 0.3 is 0 Å². The topological polar surface area (TPSA) is 42.2 Å². The Bertz CT molecular complexity index is 723. The molecular formula is C17H17N3OS. The molecule has 0 N–H and O–H groups in total. The van der Waals surface area contributed by atoms with Gasteiger partial charge in [0.25, 0.3) is 0 Å². The molecule has 0 bridgehead atoms. The molecule has 1 aliphatic rings. The maximum Gasteiger partial charge on any atom is 0.241 e. The number of hydrogen-bond acceptors (Lipinski definition) is 5. The average molecular weight is 311 g/mol. The summed E-state index contributed by atoms with van der Waals surface area (Å²) in [4.78, 5) is 8.41.